The highest BCUT2D eigenvalue weighted by Gasteiger charge is 2.22. The van der Waals surface area contributed by atoms with Gasteiger partial charge < -0.3 is 14.0 Å². The molecule has 4 heterocycles. The Hall–Kier alpha value is -11.3. The second kappa shape index (κ2) is 19.2. The largest absolute Gasteiger partial charge is 0.310 e. The van der Waals surface area contributed by atoms with Crippen LogP contribution in [0.3, 0.4) is 0 Å². The molecule has 0 atom stereocenters. The Bertz CT molecular complexity index is 5440. The minimum absolute atomic E-state index is 0.647. The predicted molar refractivity (Wildman–Crippen MR) is 351 cm³/mol. The first-order chi connectivity index (χ1) is 41.6. The number of anilines is 3. The third-order valence-corrected chi connectivity index (χ3v) is 17.0. The standard InChI is InChI=1S/C78H50N6/c1-3-21-58(22-4-1)82-71-31-14-10-26-63(71)67-48-54(37-43-74(67)82)52-34-40-60(41-35-52)81(62-42-36-51-18-7-8-19-53(51)46-62)61-25-17-20-57(47-61)77-79-70-30-13-9-29-66(70)78(80-77)84-73-33-16-12-28-65(73)69-50-56(39-45-76(69)84)55-38-44-75-68(49-55)64-27-11-15-32-72(64)83(75)59-23-5-2-6-24-59/h1-50H. The van der Waals surface area contributed by atoms with Crippen molar-refractivity contribution < 1.29 is 0 Å². The van der Waals surface area contributed by atoms with E-state index >= 15 is 0 Å². The Kier molecular flexibility index (Phi) is 10.8. The van der Waals surface area contributed by atoms with Crippen LogP contribution < -0.4 is 4.90 Å². The number of hydrogen-bond donors (Lipinski definition) is 0. The van der Waals surface area contributed by atoms with Crippen molar-refractivity contribution in [3.05, 3.63) is 303 Å². The second-order valence-corrected chi connectivity index (χ2v) is 21.8. The van der Waals surface area contributed by atoms with Gasteiger partial charge in [-0.15, -0.1) is 0 Å². The van der Waals surface area contributed by atoms with E-state index in [4.69, 9.17) is 9.97 Å². The summed E-state index contributed by atoms with van der Waals surface area (Å²) >= 11 is 0. The molecule has 13 aromatic carbocycles. The zero-order valence-corrected chi connectivity index (χ0v) is 45.6. The highest BCUT2D eigenvalue weighted by Crippen LogP contribution is 2.43. The normalized spacial score (nSPS) is 11.8. The van der Waals surface area contributed by atoms with E-state index in [1.165, 1.54) is 65.5 Å². The summed E-state index contributed by atoms with van der Waals surface area (Å²) in [6.45, 7) is 0. The van der Waals surface area contributed by atoms with Gasteiger partial charge in [-0.25, -0.2) is 9.97 Å². The van der Waals surface area contributed by atoms with Gasteiger partial charge in [-0.2, -0.15) is 0 Å². The average molecular weight is 1070 g/mol. The van der Waals surface area contributed by atoms with E-state index < -0.39 is 0 Å². The molecule has 0 bridgehead atoms. The molecule has 0 aliphatic carbocycles. The number of hydrogen-bond acceptors (Lipinski definition) is 3. The monoisotopic (exact) mass is 1070 g/mol. The van der Waals surface area contributed by atoms with Crippen LogP contribution in [0.1, 0.15) is 0 Å². The molecule has 4 aromatic heterocycles. The number of aromatic nitrogens is 5. The summed E-state index contributed by atoms with van der Waals surface area (Å²) in [4.78, 5) is 13.3. The van der Waals surface area contributed by atoms with Crippen molar-refractivity contribution in [2.24, 2.45) is 0 Å². The number of para-hydroxylation sites is 6. The maximum absolute atomic E-state index is 5.61. The van der Waals surface area contributed by atoms with Gasteiger partial charge in [0.1, 0.15) is 5.82 Å². The lowest BCUT2D eigenvalue weighted by Crippen LogP contribution is -2.10. The molecule has 17 rings (SSSR count). The summed E-state index contributed by atoms with van der Waals surface area (Å²) in [6, 6.07) is 109. The predicted octanol–water partition coefficient (Wildman–Crippen LogP) is 20.5. The topological polar surface area (TPSA) is 43.8 Å². The fourth-order valence-electron chi connectivity index (χ4n) is 13.1. The van der Waals surface area contributed by atoms with Crippen LogP contribution in [0.4, 0.5) is 17.1 Å². The quantitative estimate of drug-likeness (QED) is 0.145. The number of rotatable bonds is 9. The fraction of sp³-hybridized carbons (Fsp3) is 0. The van der Waals surface area contributed by atoms with Crippen LogP contribution in [0.15, 0.2) is 303 Å². The van der Waals surface area contributed by atoms with E-state index in [0.29, 0.717) is 5.82 Å². The van der Waals surface area contributed by atoms with Crippen LogP contribution in [0.5, 0.6) is 0 Å². The van der Waals surface area contributed by atoms with Gasteiger partial charge in [0.25, 0.3) is 0 Å². The Morgan fingerprint density at radius 3 is 1.27 bits per heavy atom. The lowest BCUT2D eigenvalue weighted by molar-refractivity contribution is 1.07. The maximum atomic E-state index is 5.61. The lowest BCUT2D eigenvalue weighted by Gasteiger charge is -2.26. The molecule has 0 aliphatic rings. The molecule has 0 amide bonds. The molecule has 17 aromatic rings. The van der Waals surface area contributed by atoms with Gasteiger partial charge in [-0.05, 0) is 160 Å². The first-order valence-electron chi connectivity index (χ1n) is 28.6. The number of benzene rings is 13. The molecular formula is C78H50N6. The minimum atomic E-state index is 0.647. The van der Waals surface area contributed by atoms with Crippen molar-refractivity contribution in [1.29, 1.82) is 0 Å². The van der Waals surface area contributed by atoms with Crippen molar-refractivity contribution in [2.75, 3.05) is 4.90 Å². The Balaban J connectivity index is 0.774. The lowest BCUT2D eigenvalue weighted by atomic mass is 10.0. The highest BCUT2D eigenvalue weighted by atomic mass is 15.1. The van der Waals surface area contributed by atoms with Crippen LogP contribution in [0.25, 0.3) is 138 Å². The van der Waals surface area contributed by atoms with Gasteiger partial charge in [-0.3, -0.25) is 4.57 Å². The third-order valence-electron chi connectivity index (χ3n) is 17.0. The molecule has 0 spiro atoms. The third kappa shape index (κ3) is 7.65. The summed E-state index contributed by atoms with van der Waals surface area (Å²) in [5.41, 5.74) is 18.7. The van der Waals surface area contributed by atoms with Gasteiger partial charge in [0.15, 0.2) is 5.82 Å². The van der Waals surface area contributed by atoms with E-state index in [0.717, 1.165) is 83.7 Å². The van der Waals surface area contributed by atoms with Crippen LogP contribution >= 0.6 is 0 Å². The van der Waals surface area contributed by atoms with Crippen molar-refractivity contribution >= 4 is 104 Å². The minimum Gasteiger partial charge on any atom is -0.310 e. The van der Waals surface area contributed by atoms with Gasteiger partial charge >= 0.3 is 0 Å². The molecule has 392 valence electrons. The Morgan fingerprint density at radius 1 is 0.238 bits per heavy atom. The zero-order valence-electron chi connectivity index (χ0n) is 45.6. The van der Waals surface area contributed by atoms with Gasteiger partial charge in [0.2, 0.25) is 0 Å². The van der Waals surface area contributed by atoms with Gasteiger partial charge in [0, 0.05) is 71.7 Å². The Labute approximate surface area is 484 Å². The number of nitrogens with zero attached hydrogens (tertiary/aromatic N) is 6. The summed E-state index contributed by atoms with van der Waals surface area (Å²) in [7, 11) is 0. The average Bonchev–Trinajstić information content (AvgIpc) is 2.84. The van der Waals surface area contributed by atoms with Crippen LogP contribution in [-0.4, -0.2) is 23.7 Å². The molecule has 6 heteroatoms. The van der Waals surface area contributed by atoms with Crippen LogP contribution in [0, 0.1) is 0 Å². The van der Waals surface area contributed by atoms with Crippen LogP contribution in [-0.2, 0) is 0 Å². The number of fused-ring (bicyclic) bond motifs is 11. The molecule has 0 saturated heterocycles. The molecule has 0 fully saturated rings. The van der Waals surface area contributed by atoms with E-state index in [2.05, 4.69) is 322 Å². The SMILES string of the molecule is c1ccc(-n2c3ccccc3c3cc(-c4ccc(N(c5cccc(-c6nc(-n7c8ccccc8c8cc(-c9ccc%10c(c9)c9ccccc9n%10-c9ccccc9)ccc87)c7ccccc7n6)c5)c5ccc6ccccc6c5)cc4)ccc32)cc1. The second-order valence-electron chi connectivity index (χ2n) is 21.8. The van der Waals surface area contributed by atoms with Crippen molar-refractivity contribution in [3.8, 4) is 50.8 Å². The van der Waals surface area contributed by atoms with Crippen molar-refractivity contribution in [2.45, 2.75) is 0 Å². The summed E-state index contributed by atoms with van der Waals surface area (Å²) < 4.78 is 7.08. The van der Waals surface area contributed by atoms with E-state index in [1.54, 1.807) is 0 Å². The first-order valence-corrected chi connectivity index (χ1v) is 28.6. The molecule has 0 aliphatic heterocycles. The molecule has 0 radical (unpaired) electrons. The summed E-state index contributed by atoms with van der Waals surface area (Å²) in [5.74, 6) is 1.48. The molecule has 0 saturated carbocycles. The molecule has 84 heavy (non-hydrogen) atoms. The molecule has 0 unspecified atom stereocenters. The molecule has 6 nitrogen and oxygen atoms in total. The van der Waals surface area contributed by atoms with E-state index in [-0.39, 0.29) is 0 Å². The summed E-state index contributed by atoms with van der Waals surface area (Å²) in [6.07, 6.45) is 0. The van der Waals surface area contributed by atoms with Gasteiger partial charge in [0.05, 0.1) is 38.6 Å². The molecular weight excluding hydrogens is 1020 g/mol. The van der Waals surface area contributed by atoms with Crippen molar-refractivity contribution in [1.82, 2.24) is 23.7 Å². The molecule has 0 N–H and O–H groups in total. The van der Waals surface area contributed by atoms with E-state index in [1.807, 2.05) is 0 Å². The first kappa shape index (κ1) is 47.5. The maximum Gasteiger partial charge on any atom is 0.162 e. The highest BCUT2D eigenvalue weighted by molar-refractivity contribution is 6.14. The van der Waals surface area contributed by atoms with Gasteiger partial charge in [-0.1, -0.05) is 176 Å². The van der Waals surface area contributed by atoms with Crippen LogP contribution in [0.2, 0.25) is 0 Å². The summed E-state index contributed by atoms with van der Waals surface area (Å²) in [5, 5.41) is 10.6. The van der Waals surface area contributed by atoms with Crippen molar-refractivity contribution in [3.63, 3.8) is 0 Å². The smallest absolute Gasteiger partial charge is 0.162 e. The Morgan fingerprint density at radius 2 is 0.679 bits per heavy atom. The fourth-order valence-corrected chi connectivity index (χ4v) is 13.1. The zero-order chi connectivity index (χ0) is 55.2. The van der Waals surface area contributed by atoms with E-state index in [9.17, 15) is 0 Å².